The van der Waals surface area contributed by atoms with E-state index in [1.54, 1.807) is 23.5 Å². The zero-order valence-electron chi connectivity index (χ0n) is 16.9. The Morgan fingerprint density at radius 3 is 2.48 bits per heavy atom. The smallest absolute Gasteiger partial charge is 0.262 e. The molecule has 0 aliphatic carbocycles. The fourth-order valence-electron chi connectivity index (χ4n) is 4.10. The zero-order chi connectivity index (χ0) is 20.7. The lowest BCUT2D eigenvalue weighted by atomic mass is 10.0. The topological polar surface area (TPSA) is 55.2 Å². The SMILES string of the molecule is Cc1sc2nc(C)n(C3CCN(C(=O)Cc4ccc(F)cc4)CC3)c(=O)c2c1C. The molecule has 29 heavy (non-hydrogen) atoms. The number of aromatic nitrogens is 2. The van der Waals surface area contributed by atoms with Gasteiger partial charge in [0.25, 0.3) is 5.56 Å². The molecule has 5 nitrogen and oxygen atoms in total. The van der Waals surface area contributed by atoms with Gasteiger partial charge >= 0.3 is 0 Å². The molecule has 0 N–H and O–H groups in total. The second kappa shape index (κ2) is 7.71. The van der Waals surface area contributed by atoms with Crippen molar-refractivity contribution in [2.45, 2.75) is 46.1 Å². The van der Waals surface area contributed by atoms with Gasteiger partial charge in [0.05, 0.1) is 11.8 Å². The maximum Gasteiger partial charge on any atom is 0.262 e. The summed E-state index contributed by atoms with van der Waals surface area (Å²) >= 11 is 1.57. The summed E-state index contributed by atoms with van der Waals surface area (Å²) in [5.41, 5.74) is 1.86. The number of rotatable bonds is 3. The summed E-state index contributed by atoms with van der Waals surface area (Å²) in [5.74, 6) is 0.473. The first-order valence-corrected chi connectivity index (χ1v) is 10.7. The van der Waals surface area contributed by atoms with Gasteiger partial charge < -0.3 is 4.90 Å². The molecule has 1 saturated heterocycles. The summed E-state index contributed by atoms with van der Waals surface area (Å²) < 4.78 is 14.9. The van der Waals surface area contributed by atoms with Gasteiger partial charge in [-0.25, -0.2) is 9.37 Å². The fraction of sp³-hybridized carbons (Fsp3) is 0.409. The lowest BCUT2D eigenvalue weighted by Crippen LogP contribution is -2.42. The number of hydrogen-bond acceptors (Lipinski definition) is 4. The number of piperidine rings is 1. The Morgan fingerprint density at radius 2 is 1.83 bits per heavy atom. The van der Waals surface area contributed by atoms with Crippen molar-refractivity contribution in [1.82, 2.24) is 14.5 Å². The minimum Gasteiger partial charge on any atom is -0.342 e. The van der Waals surface area contributed by atoms with Gasteiger partial charge in [0.2, 0.25) is 5.91 Å². The number of likely N-dealkylation sites (tertiary alicyclic amines) is 1. The van der Waals surface area contributed by atoms with Gasteiger partial charge in [-0.1, -0.05) is 12.1 Å². The third kappa shape index (κ3) is 3.71. The quantitative estimate of drug-likeness (QED) is 0.654. The van der Waals surface area contributed by atoms with Crippen LogP contribution in [-0.2, 0) is 11.2 Å². The molecule has 0 radical (unpaired) electrons. The van der Waals surface area contributed by atoms with E-state index in [0.717, 1.165) is 44.9 Å². The van der Waals surface area contributed by atoms with Crippen LogP contribution in [0, 0.1) is 26.6 Å². The highest BCUT2D eigenvalue weighted by atomic mass is 32.1. The van der Waals surface area contributed by atoms with Crippen LogP contribution in [0.2, 0.25) is 0 Å². The number of aryl methyl sites for hydroxylation is 3. The highest BCUT2D eigenvalue weighted by molar-refractivity contribution is 7.18. The Kier molecular flexibility index (Phi) is 5.25. The fourth-order valence-corrected chi connectivity index (χ4v) is 5.17. The van der Waals surface area contributed by atoms with E-state index in [-0.39, 0.29) is 29.7 Å². The molecule has 1 aliphatic rings. The minimum absolute atomic E-state index is 0.0328. The second-order valence-corrected chi connectivity index (χ2v) is 8.92. The standard InChI is InChI=1S/C22H24FN3O2S/c1-13-14(2)29-21-20(13)22(28)26(15(3)24-21)18-8-10-25(11-9-18)19(27)12-16-4-6-17(23)7-5-16/h4-7,18H,8-12H2,1-3H3. The molecule has 0 unspecified atom stereocenters. The number of benzene rings is 1. The van der Waals surface area contributed by atoms with Crippen molar-refractivity contribution in [1.29, 1.82) is 0 Å². The molecule has 0 saturated carbocycles. The Labute approximate surface area is 172 Å². The van der Waals surface area contributed by atoms with E-state index in [1.165, 1.54) is 12.1 Å². The van der Waals surface area contributed by atoms with E-state index in [4.69, 9.17) is 0 Å². The van der Waals surface area contributed by atoms with Crippen LogP contribution in [0.25, 0.3) is 10.2 Å². The molecule has 0 bridgehead atoms. The van der Waals surface area contributed by atoms with Gasteiger partial charge in [-0.05, 0) is 56.9 Å². The van der Waals surface area contributed by atoms with E-state index in [2.05, 4.69) is 4.98 Å². The van der Waals surface area contributed by atoms with Crippen LogP contribution >= 0.6 is 11.3 Å². The van der Waals surface area contributed by atoms with E-state index in [1.807, 2.05) is 30.2 Å². The molecule has 1 aliphatic heterocycles. The van der Waals surface area contributed by atoms with E-state index >= 15 is 0 Å². The van der Waals surface area contributed by atoms with Crippen molar-refractivity contribution in [2.24, 2.45) is 0 Å². The normalized spacial score (nSPS) is 15.2. The summed E-state index contributed by atoms with van der Waals surface area (Å²) in [4.78, 5) is 34.2. The van der Waals surface area contributed by atoms with E-state index < -0.39 is 0 Å². The van der Waals surface area contributed by atoms with Crippen LogP contribution in [0.1, 0.15) is 40.7 Å². The Morgan fingerprint density at radius 1 is 1.17 bits per heavy atom. The molecule has 3 aromatic rings. The minimum atomic E-state index is -0.301. The average Bonchev–Trinajstić information content (AvgIpc) is 2.97. The van der Waals surface area contributed by atoms with Crippen molar-refractivity contribution < 1.29 is 9.18 Å². The molecular weight excluding hydrogens is 389 g/mol. The molecule has 1 fully saturated rings. The number of fused-ring (bicyclic) bond motifs is 1. The number of nitrogens with zero attached hydrogens (tertiary/aromatic N) is 3. The van der Waals surface area contributed by atoms with Crippen LogP contribution in [-0.4, -0.2) is 33.4 Å². The summed E-state index contributed by atoms with van der Waals surface area (Å²) in [7, 11) is 0. The Hall–Kier alpha value is -2.54. The first-order chi connectivity index (χ1) is 13.8. The highest BCUT2D eigenvalue weighted by Gasteiger charge is 2.27. The molecule has 1 amide bonds. The third-order valence-corrected chi connectivity index (χ3v) is 6.96. The van der Waals surface area contributed by atoms with Crippen LogP contribution in [0.5, 0.6) is 0 Å². The van der Waals surface area contributed by atoms with Gasteiger partial charge in [0, 0.05) is 24.0 Å². The second-order valence-electron chi connectivity index (χ2n) is 7.71. The van der Waals surface area contributed by atoms with Crippen molar-refractivity contribution in [3.63, 3.8) is 0 Å². The van der Waals surface area contributed by atoms with Crippen molar-refractivity contribution in [3.8, 4) is 0 Å². The number of amides is 1. The van der Waals surface area contributed by atoms with Crippen molar-refractivity contribution in [2.75, 3.05) is 13.1 Å². The van der Waals surface area contributed by atoms with Crippen LogP contribution in [0.15, 0.2) is 29.1 Å². The Bertz CT molecular complexity index is 1130. The number of thiophene rings is 1. The van der Waals surface area contributed by atoms with Gasteiger partial charge in [-0.15, -0.1) is 11.3 Å². The molecule has 152 valence electrons. The lowest BCUT2D eigenvalue weighted by Gasteiger charge is -2.33. The molecule has 0 atom stereocenters. The molecule has 3 heterocycles. The van der Waals surface area contributed by atoms with Crippen molar-refractivity contribution in [3.05, 3.63) is 62.3 Å². The number of carbonyl (C=O) groups excluding carboxylic acids is 1. The first kappa shape index (κ1) is 19.8. The summed E-state index contributed by atoms with van der Waals surface area (Å²) in [5, 5.41) is 0.730. The summed E-state index contributed by atoms with van der Waals surface area (Å²) in [6, 6.07) is 6.10. The average molecular weight is 414 g/mol. The summed E-state index contributed by atoms with van der Waals surface area (Å²) in [6.07, 6.45) is 1.72. The maximum atomic E-state index is 13.2. The zero-order valence-corrected chi connectivity index (χ0v) is 17.7. The highest BCUT2D eigenvalue weighted by Crippen LogP contribution is 2.29. The number of hydrogen-bond donors (Lipinski definition) is 0. The number of halogens is 1. The molecule has 2 aromatic heterocycles. The molecular formula is C22H24FN3O2S. The molecule has 4 rings (SSSR count). The van der Waals surface area contributed by atoms with E-state index in [0.29, 0.717) is 13.1 Å². The largest absolute Gasteiger partial charge is 0.342 e. The van der Waals surface area contributed by atoms with Gasteiger partial charge in [0.1, 0.15) is 16.5 Å². The van der Waals surface area contributed by atoms with Gasteiger partial charge in [-0.2, -0.15) is 0 Å². The molecule has 7 heteroatoms. The van der Waals surface area contributed by atoms with Crippen LogP contribution < -0.4 is 5.56 Å². The number of carbonyl (C=O) groups is 1. The van der Waals surface area contributed by atoms with Gasteiger partial charge in [0.15, 0.2) is 0 Å². The molecule has 1 aromatic carbocycles. The Balaban J connectivity index is 1.50. The van der Waals surface area contributed by atoms with Gasteiger partial charge in [-0.3, -0.25) is 14.2 Å². The maximum absolute atomic E-state index is 13.2. The van der Waals surface area contributed by atoms with Crippen LogP contribution in [0.4, 0.5) is 4.39 Å². The third-order valence-electron chi connectivity index (χ3n) is 5.86. The van der Waals surface area contributed by atoms with Crippen LogP contribution in [0.3, 0.4) is 0 Å². The molecule has 0 spiro atoms. The lowest BCUT2D eigenvalue weighted by molar-refractivity contribution is -0.131. The predicted octanol–water partition coefficient (Wildman–Crippen LogP) is 3.93. The first-order valence-electron chi connectivity index (χ1n) is 9.86. The van der Waals surface area contributed by atoms with E-state index in [9.17, 15) is 14.0 Å². The summed E-state index contributed by atoms with van der Waals surface area (Å²) in [6.45, 7) is 7.10. The van der Waals surface area contributed by atoms with Crippen molar-refractivity contribution >= 4 is 27.5 Å². The predicted molar refractivity (Wildman–Crippen MR) is 113 cm³/mol. The monoisotopic (exact) mass is 413 g/mol.